The summed E-state index contributed by atoms with van der Waals surface area (Å²) in [5.41, 5.74) is 0.0593. The average Bonchev–Trinajstić information content (AvgIpc) is 2.96. The van der Waals surface area contributed by atoms with Crippen molar-refractivity contribution < 1.29 is 23.9 Å². The lowest BCUT2D eigenvalue weighted by molar-refractivity contribution is -0.154. The predicted octanol–water partition coefficient (Wildman–Crippen LogP) is 0.157. The highest BCUT2D eigenvalue weighted by atomic mass is 35.5. The number of hydrogen-bond donors (Lipinski definition) is 1. The number of pyridine rings is 1. The predicted molar refractivity (Wildman–Crippen MR) is 78.5 cm³/mol. The molecule has 2 rings (SSSR count). The zero-order valence-corrected chi connectivity index (χ0v) is 12.8. The van der Waals surface area contributed by atoms with Crippen molar-refractivity contribution in [1.82, 2.24) is 15.2 Å². The smallest absolute Gasteiger partial charge is 0.325 e. The molecule has 1 aromatic heterocycles. The number of aromatic nitrogens is 1. The maximum absolute atomic E-state index is 11.7. The second-order valence-corrected chi connectivity index (χ2v) is 5.18. The van der Waals surface area contributed by atoms with E-state index in [1.54, 1.807) is 0 Å². The van der Waals surface area contributed by atoms with E-state index in [-0.39, 0.29) is 11.6 Å². The maximum atomic E-state index is 11.7. The summed E-state index contributed by atoms with van der Waals surface area (Å²) in [6.07, 6.45) is 2.30. The number of carbonyl (C=O) groups is 4. The first-order valence-electron chi connectivity index (χ1n) is 6.86. The van der Waals surface area contributed by atoms with Crippen molar-refractivity contribution in [1.29, 1.82) is 0 Å². The Morgan fingerprint density at radius 2 is 2.17 bits per heavy atom. The van der Waals surface area contributed by atoms with Crippen LogP contribution in [0.15, 0.2) is 18.3 Å². The molecule has 8 nitrogen and oxygen atoms in total. The molecular formula is C14H14ClN3O5. The second-order valence-electron chi connectivity index (χ2n) is 4.75. The minimum atomic E-state index is -0.791. The molecule has 0 aliphatic carbocycles. The first-order valence-corrected chi connectivity index (χ1v) is 7.24. The van der Waals surface area contributed by atoms with Gasteiger partial charge in [-0.1, -0.05) is 11.6 Å². The Hall–Kier alpha value is -2.48. The van der Waals surface area contributed by atoms with Crippen molar-refractivity contribution in [3.63, 3.8) is 0 Å². The molecule has 1 aliphatic heterocycles. The molecule has 0 unspecified atom stereocenters. The molecule has 1 N–H and O–H groups in total. The molecule has 122 valence electrons. The highest BCUT2D eigenvalue weighted by molar-refractivity contribution is 6.30. The van der Waals surface area contributed by atoms with Crippen LogP contribution in [0.5, 0.6) is 0 Å². The molecule has 0 spiro atoms. The summed E-state index contributed by atoms with van der Waals surface area (Å²) in [7, 11) is 0. The fraction of sp³-hybridized carbons (Fsp3) is 0.357. The molecular weight excluding hydrogens is 326 g/mol. The van der Waals surface area contributed by atoms with Gasteiger partial charge in [-0.25, -0.2) is 0 Å². The zero-order valence-electron chi connectivity index (χ0n) is 12.1. The van der Waals surface area contributed by atoms with Crippen LogP contribution < -0.4 is 5.32 Å². The van der Waals surface area contributed by atoms with Gasteiger partial charge in [0.05, 0.1) is 0 Å². The minimum Gasteiger partial charge on any atom is -0.454 e. The number of ether oxygens (including phenoxy) is 1. The van der Waals surface area contributed by atoms with Crippen LogP contribution in [0.1, 0.15) is 23.3 Å². The molecule has 1 aromatic rings. The van der Waals surface area contributed by atoms with Crippen LogP contribution in [0.2, 0.25) is 5.02 Å². The van der Waals surface area contributed by atoms with Crippen LogP contribution in [-0.4, -0.2) is 53.3 Å². The summed E-state index contributed by atoms with van der Waals surface area (Å²) in [5.74, 6) is -2.22. The highest BCUT2D eigenvalue weighted by Gasteiger charge is 2.26. The van der Waals surface area contributed by atoms with Gasteiger partial charge in [0, 0.05) is 24.2 Å². The molecule has 2 heterocycles. The summed E-state index contributed by atoms with van der Waals surface area (Å²) in [5, 5.41) is 2.64. The molecule has 23 heavy (non-hydrogen) atoms. The lowest BCUT2D eigenvalue weighted by atomic mass is 10.3. The van der Waals surface area contributed by atoms with Crippen molar-refractivity contribution in [3.05, 3.63) is 29.0 Å². The first kappa shape index (κ1) is 16.9. The van der Waals surface area contributed by atoms with Crippen LogP contribution in [0, 0.1) is 0 Å². The maximum Gasteiger partial charge on any atom is 0.325 e. The molecule has 0 radical (unpaired) electrons. The summed E-state index contributed by atoms with van der Waals surface area (Å²) in [6, 6.07) is 2.86. The van der Waals surface area contributed by atoms with Crippen LogP contribution in [0.25, 0.3) is 0 Å². The van der Waals surface area contributed by atoms with Crippen molar-refractivity contribution >= 4 is 35.3 Å². The van der Waals surface area contributed by atoms with Gasteiger partial charge in [0.25, 0.3) is 11.8 Å². The van der Waals surface area contributed by atoms with E-state index in [0.29, 0.717) is 24.4 Å². The van der Waals surface area contributed by atoms with Crippen molar-refractivity contribution in [2.45, 2.75) is 12.8 Å². The van der Waals surface area contributed by atoms with E-state index in [9.17, 15) is 19.2 Å². The van der Waals surface area contributed by atoms with E-state index in [1.807, 2.05) is 0 Å². The van der Waals surface area contributed by atoms with Gasteiger partial charge in [-0.3, -0.25) is 29.1 Å². The third kappa shape index (κ3) is 4.75. The van der Waals surface area contributed by atoms with E-state index in [2.05, 4.69) is 10.3 Å². The minimum absolute atomic E-state index is 0.0593. The van der Waals surface area contributed by atoms with E-state index in [0.717, 1.165) is 4.90 Å². The Labute approximate surface area is 136 Å². The Bertz CT molecular complexity index is 649. The fourth-order valence-electron chi connectivity index (χ4n) is 1.95. The SMILES string of the molecule is O=C(CNC(=O)c1cc(Cl)ccn1)OCC(=O)N1CCCC1=O. The van der Waals surface area contributed by atoms with Crippen LogP contribution >= 0.6 is 11.6 Å². The molecule has 3 amide bonds. The number of amides is 3. The Morgan fingerprint density at radius 3 is 2.83 bits per heavy atom. The average molecular weight is 340 g/mol. The van der Waals surface area contributed by atoms with E-state index < -0.39 is 30.9 Å². The molecule has 0 saturated carbocycles. The van der Waals surface area contributed by atoms with Crippen LogP contribution in [-0.2, 0) is 19.1 Å². The number of imide groups is 1. The first-order chi connectivity index (χ1) is 11.0. The van der Waals surface area contributed by atoms with Gasteiger partial charge in [0.1, 0.15) is 12.2 Å². The topological polar surface area (TPSA) is 106 Å². The van der Waals surface area contributed by atoms with Gasteiger partial charge < -0.3 is 10.1 Å². The zero-order chi connectivity index (χ0) is 16.8. The second kappa shape index (κ2) is 7.68. The number of nitrogens with one attached hydrogen (secondary N) is 1. The van der Waals surface area contributed by atoms with Crippen molar-refractivity contribution in [2.75, 3.05) is 19.7 Å². The standard InChI is InChI=1S/C14H14ClN3O5/c15-9-3-4-16-10(6-9)14(22)17-7-13(21)23-8-12(20)18-5-1-2-11(18)19/h3-4,6H,1-2,5,7-8H2,(H,17,22). The molecule has 0 atom stereocenters. The van der Waals surface area contributed by atoms with Gasteiger partial charge in [-0.05, 0) is 18.6 Å². The summed E-state index contributed by atoms with van der Waals surface area (Å²) >= 11 is 5.73. The molecule has 1 aliphatic rings. The number of nitrogens with zero attached hydrogens (tertiary/aromatic N) is 2. The summed E-state index contributed by atoms with van der Waals surface area (Å²) in [4.78, 5) is 51.1. The van der Waals surface area contributed by atoms with E-state index >= 15 is 0 Å². The number of likely N-dealkylation sites (tertiary alicyclic amines) is 1. The Kier molecular flexibility index (Phi) is 5.64. The molecule has 0 bridgehead atoms. The normalized spacial score (nSPS) is 13.8. The van der Waals surface area contributed by atoms with E-state index in [1.165, 1.54) is 18.3 Å². The fourth-order valence-corrected chi connectivity index (χ4v) is 2.11. The molecule has 9 heteroatoms. The van der Waals surface area contributed by atoms with E-state index in [4.69, 9.17) is 16.3 Å². The molecule has 1 fully saturated rings. The van der Waals surface area contributed by atoms with Gasteiger partial charge in [0.15, 0.2) is 6.61 Å². The number of rotatable bonds is 5. The highest BCUT2D eigenvalue weighted by Crippen LogP contribution is 2.09. The third-order valence-corrected chi connectivity index (χ3v) is 3.31. The van der Waals surface area contributed by atoms with Crippen LogP contribution in [0.3, 0.4) is 0 Å². The monoisotopic (exact) mass is 339 g/mol. The largest absolute Gasteiger partial charge is 0.454 e. The van der Waals surface area contributed by atoms with Gasteiger partial charge >= 0.3 is 5.97 Å². The van der Waals surface area contributed by atoms with Crippen molar-refractivity contribution in [2.24, 2.45) is 0 Å². The van der Waals surface area contributed by atoms with Crippen LogP contribution in [0.4, 0.5) is 0 Å². The Morgan fingerprint density at radius 1 is 1.39 bits per heavy atom. The molecule has 0 aromatic carbocycles. The molecule has 1 saturated heterocycles. The number of halogens is 1. The summed E-state index contributed by atoms with van der Waals surface area (Å²) < 4.78 is 4.73. The quantitative estimate of drug-likeness (QED) is 0.766. The summed E-state index contributed by atoms with van der Waals surface area (Å²) in [6.45, 7) is -0.615. The van der Waals surface area contributed by atoms with Gasteiger partial charge in [-0.2, -0.15) is 0 Å². The lowest BCUT2D eigenvalue weighted by Crippen LogP contribution is -2.37. The lowest BCUT2D eigenvalue weighted by Gasteiger charge is -2.13. The number of carbonyl (C=O) groups excluding carboxylic acids is 4. The van der Waals surface area contributed by atoms with Gasteiger partial charge in [0.2, 0.25) is 5.91 Å². The Balaban J connectivity index is 1.73. The van der Waals surface area contributed by atoms with Crippen molar-refractivity contribution in [3.8, 4) is 0 Å². The number of hydrogen-bond acceptors (Lipinski definition) is 6. The number of esters is 1. The third-order valence-electron chi connectivity index (χ3n) is 3.08. The van der Waals surface area contributed by atoms with Gasteiger partial charge in [-0.15, -0.1) is 0 Å².